The topological polar surface area (TPSA) is 151 Å². The highest BCUT2D eigenvalue weighted by atomic mass is 32.2. The number of amidine groups is 1. The van der Waals surface area contributed by atoms with Crippen molar-refractivity contribution < 1.29 is 13.2 Å². The van der Waals surface area contributed by atoms with Crippen molar-refractivity contribution >= 4 is 33.1 Å². The quantitative estimate of drug-likeness (QED) is 0.276. The van der Waals surface area contributed by atoms with E-state index in [0.29, 0.717) is 28.1 Å². The molecule has 3 aromatic carbocycles. The van der Waals surface area contributed by atoms with Crippen LogP contribution in [0.1, 0.15) is 19.4 Å². The van der Waals surface area contributed by atoms with Gasteiger partial charge in [-0.05, 0) is 49.7 Å². The summed E-state index contributed by atoms with van der Waals surface area (Å²) in [5.74, 6) is -0.330. The highest BCUT2D eigenvalue weighted by molar-refractivity contribution is 7.89. The second-order valence-electron chi connectivity index (χ2n) is 7.82. The fourth-order valence-electron chi connectivity index (χ4n) is 3.16. The minimum atomic E-state index is -3.87. The number of carbonyl (C=O) groups is 1. The molecule has 0 radical (unpaired) electrons. The number of hydrogen-bond donors (Lipinski definition) is 5. The average molecular weight is 452 g/mol. The fourth-order valence-corrected chi connectivity index (χ4v) is 3.92. The molecule has 0 heterocycles. The SMILES string of the molecule is CC(C)(Nc1cccc(C(=N)N)c1)C(=O)Nc1ccc(-c2ccccc2S(N)(=O)=O)cc1. The molecular weight excluding hydrogens is 426 g/mol. The molecule has 0 aliphatic heterocycles. The van der Waals surface area contributed by atoms with E-state index in [2.05, 4.69) is 10.6 Å². The van der Waals surface area contributed by atoms with Crippen LogP contribution in [0.25, 0.3) is 11.1 Å². The second-order valence-corrected chi connectivity index (χ2v) is 9.35. The van der Waals surface area contributed by atoms with Crippen LogP contribution in [0.5, 0.6) is 0 Å². The van der Waals surface area contributed by atoms with Crippen LogP contribution in [0.15, 0.2) is 77.7 Å². The number of carbonyl (C=O) groups excluding carboxylic acids is 1. The molecule has 3 rings (SSSR count). The number of nitrogen functional groups attached to an aromatic ring is 1. The summed E-state index contributed by atoms with van der Waals surface area (Å²) < 4.78 is 23.7. The van der Waals surface area contributed by atoms with Crippen molar-refractivity contribution in [2.45, 2.75) is 24.3 Å². The molecule has 1 amide bonds. The highest BCUT2D eigenvalue weighted by Gasteiger charge is 2.27. The van der Waals surface area contributed by atoms with Crippen LogP contribution in [0, 0.1) is 5.41 Å². The Morgan fingerprint density at radius 2 is 1.59 bits per heavy atom. The lowest BCUT2D eigenvalue weighted by molar-refractivity contribution is -0.119. The molecule has 166 valence electrons. The van der Waals surface area contributed by atoms with E-state index in [-0.39, 0.29) is 16.6 Å². The number of nitrogens with one attached hydrogen (secondary N) is 3. The first-order valence-electron chi connectivity index (χ1n) is 9.74. The van der Waals surface area contributed by atoms with Crippen LogP contribution in [-0.4, -0.2) is 25.7 Å². The summed E-state index contributed by atoms with van der Waals surface area (Å²) in [4.78, 5) is 12.9. The second kappa shape index (κ2) is 8.81. The first kappa shape index (κ1) is 23.0. The molecule has 32 heavy (non-hydrogen) atoms. The smallest absolute Gasteiger partial charge is 0.249 e. The number of amides is 1. The fraction of sp³-hybridized carbons (Fsp3) is 0.130. The molecule has 0 aliphatic rings. The van der Waals surface area contributed by atoms with Crippen molar-refractivity contribution in [2.75, 3.05) is 10.6 Å². The van der Waals surface area contributed by atoms with Gasteiger partial charge in [-0.15, -0.1) is 0 Å². The summed E-state index contributed by atoms with van der Waals surface area (Å²) in [6.07, 6.45) is 0. The summed E-state index contributed by atoms with van der Waals surface area (Å²) in [6, 6.07) is 20.3. The number of anilines is 2. The highest BCUT2D eigenvalue weighted by Crippen LogP contribution is 2.28. The molecule has 7 N–H and O–H groups in total. The molecule has 3 aromatic rings. The van der Waals surface area contributed by atoms with Crippen molar-refractivity contribution in [3.05, 3.63) is 78.4 Å². The maximum absolute atomic E-state index is 12.9. The number of benzene rings is 3. The Hall–Kier alpha value is -3.69. The van der Waals surface area contributed by atoms with Crippen molar-refractivity contribution in [1.29, 1.82) is 5.41 Å². The van der Waals surface area contributed by atoms with Gasteiger partial charge in [-0.3, -0.25) is 10.2 Å². The zero-order chi connectivity index (χ0) is 23.5. The predicted octanol–water partition coefficient (Wildman–Crippen LogP) is 3.11. The van der Waals surface area contributed by atoms with E-state index in [9.17, 15) is 13.2 Å². The molecule has 0 bridgehead atoms. The van der Waals surface area contributed by atoms with Gasteiger partial charge in [-0.1, -0.05) is 42.5 Å². The van der Waals surface area contributed by atoms with Crippen LogP contribution in [-0.2, 0) is 14.8 Å². The largest absolute Gasteiger partial charge is 0.384 e. The van der Waals surface area contributed by atoms with Gasteiger partial charge in [0.25, 0.3) is 0 Å². The number of hydrogen-bond acceptors (Lipinski definition) is 5. The first-order chi connectivity index (χ1) is 15.0. The molecule has 0 aliphatic carbocycles. The Morgan fingerprint density at radius 1 is 0.938 bits per heavy atom. The Morgan fingerprint density at radius 3 is 2.22 bits per heavy atom. The lowest BCUT2D eigenvalue weighted by Crippen LogP contribution is -2.44. The maximum atomic E-state index is 12.9. The van der Waals surface area contributed by atoms with E-state index in [1.54, 1.807) is 80.6 Å². The Labute approximate surface area is 187 Å². The van der Waals surface area contributed by atoms with Crippen LogP contribution in [0.4, 0.5) is 11.4 Å². The predicted molar refractivity (Wildman–Crippen MR) is 127 cm³/mol. The average Bonchev–Trinajstić information content (AvgIpc) is 2.73. The monoisotopic (exact) mass is 451 g/mol. The van der Waals surface area contributed by atoms with Crippen LogP contribution >= 0.6 is 0 Å². The molecule has 0 saturated carbocycles. The Kier molecular flexibility index (Phi) is 6.33. The first-order valence-corrected chi connectivity index (χ1v) is 11.3. The van der Waals surface area contributed by atoms with Crippen LogP contribution in [0.2, 0.25) is 0 Å². The van der Waals surface area contributed by atoms with Crippen molar-refractivity contribution in [1.82, 2.24) is 0 Å². The number of rotatable bonds is 7. The van der Waals surface area contributed by atoms with E-state index >= 15 is 0 Å². The summed E-state index contributed by atoms with van der Waals surface area (Å²) >= 11 is 0. The van der Waals surface area contributed by atoms with Crippen molar-refractivity contribution in [3.63, 3.8) is 0 Å². The van der Waals surface area contributed by atoms with Gasteiger partial charge in [-0.25, -0.2) is 13.6 Å². The minimum Gasteiger partial charge on any atom is -0.384 e. The zero-order valence-electron chi connectivity index (χ0n) is 17.7. The van der Waals surface area contributed by atoms with Gasteiger partial charge in [0.05, 0.1) is 4.90 Å². The van der Waals surface area contributed by atoms with Gasteiger partial charge in [0.2, 0.25) is 15.9 Å². The summed E-state index contributed by atoms with van der Waals surface area (Å²) in [5.41, 5.74) is 7.48. The van der Waals surface area contributed by atoms with Gasteiger partial charge in [0.15, 0.2) is 0 Å². The van der Waals surface area contributed by atoms with Gasteiger partial charge >= 0.3 is 0 Å². The van der Waals surface area contributed by atoms with E-state index in [4.69, 9.17) is 16.3 Å². The minimum absolute atomic E-state index is 0.0370. The molecule has 0 saturated heterocycles. The number of sulfonamides is 1. The van der Waals surface area contributed by atoms with Crippen LogP contribution in [0.3, 0.4) is 0 Å². The summed E-state index contributed by atoms with van der Waals surface area (Å²) in [6.45, 7) is 3.47. The lowest BCUT2D eigenvalue weighted by atomic mass is 10.0. The molecule has 0 aromatic heterocycles. The number of primary sulfonamides is 1. The van der Waals surface area contributed by atoms with Gasteiger partial charge in [0, 0.05) is 22.5 Å². The zero-order valence-corrected chi connectivity index (χ0v) is 18.5. The molecule has 0 fully saturated rings. The third-order valence-electron chi connectivity index (χ3n) is 4.85. The molecule has 0 spiro atoms. The third kappa shape index (κ3) is 5.32. The van der Waals surface area contributed by atoms with Gasteiger partial charge < -0.3 is 16.4 Å². The van der Waals surface area contributed by atoms with E-state index in [1.165, 1.54) is 6.07 Å². The Bertz CT molecular complexity index is 1270. The molecule has 9 heteroatoms. The molecular formula is C23H25N5O3S. The molecule has 0 atom stereocenters. The van der Waals surface area contributed by atoms with Gasteiger partial charge in [0.1, 0.15) is 11.4 Å². The lowest BCUT2D eigenvalue weighted by Gasteiger charge is -2.26. The molecule has 8 nitrogen and oxygen atoms in total. The van der Waals surface area contributed by atoms with Crippen LogP contribution < -0.4 is 21.5 Å². The van der Waals surface area contributed by atoms with E-state index in [0.717, 1.165) is 0 Å². The molecule has 0 unspecified atom stereocenters. The summed E-state index contributed by atoms with van der Waals surface area (Å²) in [5, 5.41) is 18.9. The van der Waals surface area contributed by atoms with Crippen molar-refractivity contribution in [3.8, 4) is 11.1 Å². The normalized spacial score (nSPS) is 11.6. The Balaban J connectivity index is 1.76. The summed E-state index contributed by atoms with van der Waals surface area (Å²) in [7, 11) is -3.87. The number of nitrogens with two attached hydrogens (primary N) is 2. The van der Waals surface area contributed by atoms with Gasteiger partial charge in [-0.2, -0.15) is 0 Å². The van der Waals surface area contributed by atoms with Crippen molar-refractivity contribution in [2.24, 2.45) is 10.9 Å². The maximum Gasteiger partial charge on any atom is 0.249 e. The standard InChI is InChI=1S/C23H25N5O3S/c1-23(2,28-18-7-5-6-16(14-18)21(24)25)22(29)27-17-12-10-15(11-13-17)19-8-3-4-9-20(19)32(26,30)31/h3-14,28H,1-2H3,(H3,24,25)(H,27,29)(H2,26,30,31). The van der Waals surface area contributed by atoms with E-state index < -0.39 is 15.6 Å². The third-order valence-corrected chi connectivity index (χ3v) is 5.81. The van der Waals surface area contributed by atoms with E-state index in [1.807, 2.05) is 0 Å².